The highest BCUT2D eigenvalue weighted by atomic mass is 15.1. The molecule has 0 aromatic rings. The molecule has 0 aliphatic heterocycles. The zero-order chi connectivity index (χ0) is 12.7. The van der Waals surface area contributed by atoms with Crippen molar-refractivity contribution in [1.29, 1.82) is 5.26 Å². The lowest BCUT2D eigenvalue weighted by atomic mass is 9.50. The SMILES string of the molecule is CC(C1C2CC3CC(C2)CC1C3)N(C)CCC#N. The lowest BCUT2D eigenvalue weighted by Gasteiger charge is -2.57. The van der Waals surface area contributed by atoms with Crippen molar-refractivity contribution in [1.82, 2.24) is 4.90 Å². The minimum Gasteiger partial charge on any atom is -0.302 e. The van der Waals surface area contributed by atoms with Gasteiger partial charge in [0.05, 0.1) is 6.07 Å². The van der Waals surface area contributed by atoms with Gasteiger partial charge in [-0.05, 0) is 75.7 Å². The fraction of sp³-hybridized carbons (Fsp3) is 0.938. The van der Waals surface area contributed by atoms with E-state index in [-0.39, 0.29) is 0 Å². The smallest absolute Gasteiger partial charge is 0.0635 e. The van der Waals surface area contributed by atoms with Gasteiger partial charge in [0, 0.05) is 19.0 Å². The van der Waals surface area contributed by atoms with Crippen LogP contribution in [-0.4, -0.2) is 24.5 Å². The molecule has 4 saturated carbocycles. The van der Waals surface area contributed by atoms with Crippen LogP contribution in [-0.2, 0) is 0 Å². The van der Waals surface area contributed by atoms with E-state index in [4.69, 9.17) is 5.26 Å². The van der Waals surface area contributed by atoms with E-state index >= 15 is 0 Å². The van der Waals surface area contributed by atoms with Gasteiger partial charge in [0.2, 0.25) is 0 Å². The highest BCUT2D eigenvalue weighted by Crippen LogP contribution is 2.57. The van der Waals surface area contributed by atoms with Gasteiger partial charge in [-0.2, -0.15) is 5.26 Å². The zero-order valence-corrected chi connectivity index (χ0v) is 11.8. The molecule has 0 radical (unpaired) electrons. The molecule has 0 aromatic heterocycles. The van der Waals surface area contributed by atoms with Crippen LogP contribution in [0.2, 0.25) is 0 Å². The van der Waals surface area contributed by atoms with Crippen molar-refractivity contribution < 1.29 is 0 Å². The molecule has 4 rings (SSSR count). The van der Waals surface area contributed by atoms with Crippen molar-refractivity contribution in [3.05, 3.63) is 0 Å². The normalized spacial score (nSPS) is 43.1. The summed E-state index contributed by atoms with van der Waals surface area (Å²) in [6.07, 6.45) is 8.25. The maximum Gasteiger partial charge on any atom is 0.0635 e. The summed E-state index contributed by atoms with van der Waals surface area (Å²) in [5.41, 5.74) is 0. The van der Waals surface area contributed by atoms with E-state index in [2.05, 4.69) is 24.9 Å². The maximum atomic E-state index is 8.73. The van der Waals surface area contributed by atoms with E-state index in [0.717, 1.165) is 36.1 Å². The van der Waals surface area contributed by atoms with Crippen LogP contribution in [0.1, 0.15) is 45.4 Å². The van der Waals surface area contributed by atoms with Crippen molar-refractivity contribution >= 4 is 0 Å². The minimum atomic E-state index is 0.674. The quantitative estimate of drug-likeness (QED) is 0.761. The van der Waals surface area contributed by atoms with Crippen LogP contribution < -0.4 is 0 Å². The predicted octanol–water partition coefficient (Wildman–Crippen LogP) is 3.29. The van der Waals surface area contributed by atoms with Crippen molar-refractivity contribution in [2.45, 2.75) is 51.5 Å². The molecule has 0 aromatic carbocycles. The average molecular weight is 246 g/mol. The number of nitriles is 1. The van der Waals surface area contributed by atoms with Gasteiger partial charge in [-0.15, -0.1) is 0 Å². The van der Waals surface area contributed by atoms with Gasteiger partial charge in [-0.25, -0.2) is 0 Å². The summed E-state index contributed by atoms with van der Waals surface area (Å²) in [5.74, 6) is 5.06. The first-order valence-electron chi connectivity index (χ1n) is 7.76. The lowest BCUT2D eigenvalue weighted by Crippen LogP contribution is -2.52. The van der Waals surface area contributed by atoms with Crippen LogP contribution in [0.3, 0.4) is 0 Å². The molecule has 4 aliphatic carbocycles. The molecule has 2 heteroatoms. The molecule has 4 bridgehead atoms. The number of rotatable bonds is 4. The Labute approximate surface area is 111 Å². The van der Waals surface area contributed by atoms with Gasteiger partial charge in [0.1, 0.15) is 0 Å². The fourth-order valence-corrected chi connectivity index (χ4v) is 5.48. The molecule has 0 N–H and O–H groups in total. The molecule has 100 valence electrons. The molecule has 0 amide bonds. The predicted molar refractivity (Wildman–Crippen MR) is 72.9 cm³/mol. The summed E-state index contributed by atoms with van der Waals surface area (Å²) in [6.45, 7) is 3.35. The fourth-order valence-electron chi connectivity index (χ4n) is 5.48. The molecule has 1 unspecified atom stereocenters. The van der Waals surface area contributed by atoms with Crippen molar-refractivity contribution in [3.8, 4) is 6.07 Å². The number of nitrogens with zero attached hydrogens (tertiary/aromatic N) is 2. The molecule has 0 spiro atoms. The summed E-state index contributed by atoms with van der Waals surface area (Å²) in [7, 11) is 2.22. The Bertz CT molecular complexity index is 315. The van der Waals surface area contributed by atoms with Crippen LogP contribution >= 0.6 is 0 Å². The zero-order valence-electron chi connectivity index (χ0n) is 11.8. The van der Waals surface area contributed by atoms with Crippen LogP contribution in [0.5, 0.6) is 0 Å². The van der Waals surface area contributed by atoms with Gasteiger partial charge in [0.15, 0.2) is 0 Å². The summed E-state index contributed by atoms with van der Waals surface area (Å²) in [4.78, 5) is 2.44. The van der Waals surface area contributed by atoms with E-state index < -0.39 is 0 Å². The largest absolute Gasteiger partial charge is 0.302 e. The number of hydrogen-bond donors (Lipinski definition) is 0. The average Bonchev–Trinajstić information content (AvgIpc) is 2.34. The van der Waals surface area contributed by atoms with Crippen LogP contribution in [0.15, 0.2) is 0 Å². The molecule has 1 atom stereocenters. The Balaban J connectivity index is 1.67. The van der Waals surface area contributed by atoms with Crippen molar-refractivity contribution in [2.24, 2.45) is 29.6 Å². The van der Waals surface area contributed by atoms with Gasteiger partial charge in [-0.3, -0.25) is 0 Å². The highest BCUT2D eigenvalue weighted by molar-refractivity contribution is 5.01. The van der Waals surface area contributed by atoms with Crippen LogP contribution in [0, 0.1) is 40.9 Å². The third kappa shape index (κ3) is 2.07. The van der Waals surface area contributed by atoms with E-state index in [1.54, 1.807) is 6.42 Å². The Morgan fingerprint density at radius 2 is 1.67 bits per heavy atom. The Hall–Kier alpha value is -0.550. The second-order valence-electron chi connectivity index (χ2n) is 7.14. The highest BCUT2D eigenvalue weighted by Gasteiger charge is 2.50. The first-order valence-corrected chi connectivity index (χ1v) is 7.76. The standard InChI is InChI=1S/C16H26N2/c1-11(18(2)5-3-4-17)16-14-7-12-6-13(9-14)10-15(16)8-12/h11-16H,3,5-10H2,1-2H3. The van der Waals surface area contributed by atoms with E-state index in [9.17, 15) is 0 Å². The summed E-state index contributed by atoms with van der Waals surface area (Å²) in [5, 5.41) is 8.73. The van der Waals surface area contributed by atoms with Crippen LogP contribution in [0.4, 0.5) is 0 Å². The summed E-state index contributed by atoms with van der Waals surface area (Å²) in [6, 6.07) is 2.95. The van der Waals surface area contributed by atoms with Crippen molar-refractivity contribution in [2.75, 3.05) is 13.6 Å². The van der Waals surface area contributed by atoms with Gasteiger partial charge in [-0.1, -0.05) is 0 Å². The van der Waals surface area contributed by atoms with E-state index in [1.807, 2.05) is 0 Å². The molecule has 4 aliphatic rings. The van der Waals surface area contributed by atoms with Crippen LogP contribution in [0.25, 0.3) is 0 Å². The van der Waals surface area contributed by atoms with Crippen molar-refractivity contribution in [3.63, 3.8) is 0 Å². The Morgan fingerprint density at radius 1 is 1.11 bits per heavy atom. The molecule has 18 heavy (non-hydrogen) atoms. The Kier molecular flexibility index (Phi) is 3.36. The number of hydrogen-bond acceptors (Lipinski definition) is 2. The van der Waals surface area contributed by atoms with E-state index in [0.29, 0.717) is 12.5 Å². The summed E-state index contributed by atoms with van der Waals surface area (Å²) >= 11 is 0. The molecule has 2 nitrogen and oxygen atoms in total. The monoisotopic (exact) mass is 246 g/mol. The molecular weight excluding hydrogens is 220 g/mol. The topological polar surface area (TPSA) is 27.0 Å². The molecule has 4 fully saturated rings. The van der Waals surface area contributed by atoms with E-state index in [1.165, 1.54) is 25.7 Å². The molecular formula is C16H26N2. The molecule has 0 saturated heterocycles. The third-order valence-electron chi connectivity index (χ3n) is 6.13. The second-order valence-corrected chi connectivity index (χ2v) is 7.14. The van der Waals surface area contributed by atoms with Gasteiger partial charge >= 0.3 is 0 Å². The molecule has 0 heterocycles. The lowest BCUT2D eigenvalue weighted by molar-refractivity contribution is -0.0665. The summed E-state index contributed by atoms with van der Waals surface area (Å²) < 4.78 is 0. The first-order chi connectivity index (χ1) is 8.69. The van der Waals surface area contributed by atoms with Gasteiger partial charge < -0.3 is 4.90 Å². The second kappa shape index (κ2) is 4.85. The van der Waals surface area contributed by atoms with Gasteiger partial charge in [0.25, 0.3) is 0 Å². The minimum absolute atomic E-state index is 0.674. The first kappa shape index (κ1) is 12.5. The Morgan fingerprint density at radius 3 is 2.17 bits per heavy atom. The third-order valence-corrected chi connectivity index (χ3v) is 6.13. The maximum absolute atomic E-state index is 8.73.